The molecule has 2 heterocycles. The summed E-state index contributed by atoms with van der Waals surface area (Å²) in [7, 11) is 0. The third-order valence-electron chi connectivity index (χ3n) is 5.67. The van der Waals surface area contributed by atoms with Crippen molar-refractivity contribution in [2.45, 2.75) is 13.5 Å². The quantitative estimate of drug-likeness (QED) is 0.661. The first kappa shape index (κ1) is 21.4. The van der Waals surface area contributed by atoms with Gasteiger partial charge in [0, 0.05) is 39.3 Å². The van der Waals surface area contributed by atoms with Crippen LogP contribution in [0.25, 0.3) is 6.08 Å². The van der Waals surface area contributed by atoms with Crippen molar-refractivity contribution in [3.63, 3.8) is 0 Å². The van der Waals surface area contributed by atoms with E-state index in [1.807, 2.05) is 31.2 Å². The number of hydrogen-bond donors (Lipinski definition) is 2. The molecule has 31 heavy (non-hydrogen) atoms. The van der Waals surface area contributed by atoms with Crippen molar-refractivity contribution >= 4 is 11.9 Å². The fraction of sp³-hybridized carbons (Fsp3) is 0.375. The van der Waals surface area contributed by atoms with E-state index < -0.39 is 0 Å². The molecule has 0 spiro atoms. The highest BCUT2D eigenvalue weighted by Gasteiger charge is 2.32. The number of aliphatic hydroxyl groups excluding tert-OH is 1. The number of phenolic OH excluding ortho intramolecular Hbond substituents is 1. The normalized spacial score (nSPS) is 18.3. The van der Waals surface area contributed by atoms with E-state index in [9.17, 15) is 9.90 Å². The minimum atomic E-state index is -0.183. The third-order valence-corrected chi connectivity index (χ3v) is 5.67. The van der Waals surface area contributed by atoms with Gasteiger partial charge in [0.15, 0.2) is 5.76 Å². The maximum atomic E-state index is 12.9. The summed E-state index contributed by atoms with van der Waals surface area (Å²) < 4.78 is 11.4. The van der Waals surface area contributed by atoms with Crippen LogP contribution in [0, 0.1) is 0 Å². The number of β-amino-alcohol motifs (C(OH)–C–C–N with tert-alkyl or cyclic N) is 1. The Labute approximate surface area is 182 Å². The molecule has 0 unspecified atom stereocenters. The molecule has 0 amide bonds. The summed E-state index contributed by atoms with van der Waals surface area (Å²) >= 11 is 0. The monoisotopic (exact) mass is 424 g/mol. The summed E-state index contributed by atoms with van der Waals surface area (Å²) in [5.74, 6) is 1.42. The molecule has 0 aliphatic carbocycles. The number of fused-ring (bicyclic) bond motifs is 1. The lowest BCUT2D eigenvalue weighted by Crippen LogP contribution is -2.46. The molecule has 7 heteroatoms. The number of hydrogen-bond acceptors (Lipinski definition) is 7. The SMILES string of the molecule is CCOc1ccc(C=C2Oc3c(ccc(O)c3CN3CCN(CCO)CC3)C2=O)cc1. The summed E-state index contributed by atoms with van der Waals surface area (Å²) in [6.07, 6.45) is 1.71. The summed E-state index contributed by atoms with van der Waals surface area (Å²) in [6.45, 7) is 7.24. The molecule has 2 aliphatic heterocycles. The van der Waals surface area contributed by atoms with Crippen molar-refractivity contribution in [3.8, 4) is 17.2 Å². The number of benzene rings is 2. The highest BCUT2D eigenvalue weighted by Crippen LogP contribution is 2.40. The number of Topliss-reactive ketones (excluding diaryl/α,β-unsaturated/α-hetero) is 1. The molecule has 0 bridgehead atoms. The van der Waals surface area contributed by atoms with Gasteiger partial charge in [0.05, 0.1) is 24.3 Å². The zero-order valence-corrected chi connectivity index (χ0v) is 17.7. The van der Waals surface area contributed by atoms with Gasteiger partial charge in [-0.3, -0.25) is 14.6 Å². The first-order chi connectivity index (χ1) is 15.1. The molecule has 0 radical (unpaired) electrons. The molecule has 0 aromatic heterocycles. The van der Waals surface area contributed by atoms with Gasteiger partial charge in [0.2, 0.25) is 5.78 Å². The number of carbonyl (C=O) groups is 1. The highest BCUT2D eigenvalue weighted by atomic mass is 16.5. The highest BCUT2D eigenvalue weighted by molar-refractivity contribution is 6.15. The number of ether oxygens (including phenoxy) is 2. The lowest BCUT2D eigenvalue weighted by molar-refractivity contribution is 0.101. The molecule has 2 aliphatic rings. The Morgan fingerprint density at radius 2 is 1.77 bits per heavy atom. The van der Waals surface area contributed by atoms with Gasteiger partial charge < -0.3 is 19.7 Å². The smallest absolute Gasteiger partial charge is 0.231 e. The third kappa shape index (κ3) is 4.74. The first-order valence-electron chi connectivity index (χ1n) is 10.7. The van der Waals surface area contributed by atoms with E-state index in [1.54, 1.807) is 18.2 Å². The van der Waals surface area contributed by atoms with E-state index in [0.717, 1.165) is 37.5 Å². The molecular weight excluding hydrogens is 396 g/mol. The molecule has 0 saturated carbocycles. The predicted octanol–water partition coefficient (Wildman–Crippen LogP) is 2.52. The van der Waals surface area contributed by atoms with E-state index in [-0.39, 0.29) is 23.9 Å². The molecule has 2 aromatic rings. The molecule has 2 N–H and O–H groups in total. The Morgan fingerprint density at radius 3 is 2.45 bits per heavy atom. The molecular formula is C24H28N2O5. The maximum Gasteiger partial charge on any atom is 0.231 e. The fourth-order valence-corrected chi connectivity index (χ4v) is 3.96. The molecule has 1 saturated heterocycles. The molecule has 4 rings (SSSR count). The maximum absolute atomic E-state index is 12.9. The number of nitrogens with zero attached hydrogens (tertiary/aromatic N) is 2. The van der Waals surface area contributed by atoms with Gasteiger partial charge in [0.25, 0.3) is 0 Å². The van der Waals surface area contributed by atoms with Crippen LogP contribution in [0.15, 0.2) is 42.2 Å². The zero-order valence-electron chi connectivity index (χ0n) is 17.7. The van der Waals surface area contributed by atoms with Crippen LogP contribution in [-0.4, -0.2) is 71.7 Å². The Morgan fingerprint density at radius 1 is 1.06 bits per heavy atom. The Bertz CT molecular complexity index is 963. The largest absolute Gasteiger partial charge is 0.507 e. The Hall–Kier alpha value is -2.87. The topological polar surface area (TPSA) is 82.5 Å². The zero-order chi connectivity index (χ0) is 21.8. The summed E-state index contributed by atoms with van der Waals surface area (Å²) in [6, 6.07) is 10.7. The second-order valence-corrected chi connectivity index (χ2v) is 7.72. The summed E-state index contributed by atoms with van der Waals surface area (Å²) in [5, 5.41) is 19.6. The van der Waals surface area contributed by atoms with Crippen LogP contribution < -0.4 is 9.47 Å². The second kappa shape index (κ2) is 9.51. The van der Waals surface area contributed by atoms with Crippen LogP contribution >= 0.6 is 0 Å². The average Bonchev–Trinajstić information content (AvgIpc) is 3.09. The van der Waals surface area contributed by atoms with E-state index >= 15 is 0 Å². The number of carbonyl (C=O) groups excluding carboxylic acids is 1. The number of allylic oxidation sites excluding steroid dienone is 1. The van der Waals surface area contributed by atoms with Crippen LogP contribution in [-0.2, 0) is 6.54 Å². The van der Waals surface area contributed by atoms with Crippen LogP contribution in [0.1, 0.15) is 28.4 Å². The summed E-state index contributed by atoms with van der Waals surface area (Å²) in [5.41, 5.74) is 1.95. The molecule has 2 aromatic carbocycles. The number of rotatable bonds is 7. The lowest BCUT2D eigenvalue weighted by Gasteiger charge is -2.34. The average molecular weight is 424 g/mol. The van der Waals surface area contributed by atoms with Crippen LogP contribution in [0.4, 0.5) is 0 Å². The van der Waals surface area contributed by atoms with Crippen molar-refractivity contribution in [3.05, 3.63) is 58.8 Å². The Balaban J connectivity index is 1.51. The standard InChI is InChI=1S/C24H28N2O5/c1-2-30-18-5-3-17(4-6-18)15-22-23(29)19-7-8-21(28)20(24(19)31-22)16-26-11-9-25(10-12-26)13-14-27/h3-8,15,27-28H,2,9-14,16H2,1H3. The van der Waals surface area contributed by atoms with Crippen LogP contribution in [0.2, 0.25) is 0 Å². The van der Waals surface area contributed by atoms with E-state index in [4.69, 9.17) is 14.6 Å². The van der Waals surface area contributed by atoms with Crippen molar-refractivity contribution in [2.24, 2.45) is 0 Å². The summed E-state index contributed by atoms with van der Waals surface area (Å²) in [4.78, 5) is 17.3. The Kier molecular flexibility index (Phi) is 6.56. The number of aliphatic hydroxyl groups is 1. The van der Waals surface area contributed by atoms with Gasteiger partial charge in [-0.15, -0.1) is 0 Å². The number of piperazine rings is 1. The lowest BCUT2D eigenvalue weighted by atomic mass is 10.0. The van der Waals surface area contributed by atoms with E-state index in [2.05, 4.69) is 9.80 Å². The van der Waals surface area contributed by atoms with Crippen molar-refractivity contribution in [2.75, 3.05) is 45.9 Å². The molecule has 7 nitrogen and oxygen atoms in total. The van der Waals surface area contributed by atoms with Gasteiger partial charge >= 0.3 is 0 Å². The van der Waals surface area contributed by atoms with E-state index in [0.29, 0.717) is 36.6 Å². The minimum absolute atomic E-state index is 0.131. The minimum Gasteiger partial charge on any atom is -0.507 e. The van der Waals surface area contributed by atoms with Crippen LogP contribution in [0.5, 0.6) is 17.2 Å². The number of aromatic hydroxyl groups is 1. The van der Waals surface area contributed by atoms with Gasteiger partial charge in [-0.05, 0) is 42.8 Å². The fourth-order valence-electron chi connectivity index (χ4n) is 3.96. The van der Waals surface area contributed by atoms with Crippen molar-refractivity contribution in [1.82, 2.24) is 9.80 Å². The van der Waals surface area contributed by atoms with Gasteiger partial charge in [-0.1, -0.05) is 12.1 Å². The molecule has 0 atom stereocenters. The predicted molar refractivity (Wildman–Crippen MR) is 117 cm³/mol. The second-order valence-electron chi connectivity index (χ2n) is 7.72. The van der Waals surface area contributed by atoms with Gasteiger partial charge in [-0.2, -0.15) is 0 Å². The van der Waals surface area contributed by atoms with E-state index in [1.165, 1.54) is 0 Å². The van der Waals surface area contributed by atoms with Gasteiger partial charge in [0.1, 0.15) is 17.2 Å². The van der Waals surface area contributed by atoms with Crippen molar-refractivity contribution in [1.29, 1.82) is 0 Å². The van der Waals surface area contributed by atoms with Crippen LogP contribution in [0.3, 0.4) is 0 Å². The number of phenols is 1. The first-order valence-corrected chi connectivity index (χ1v) is 10.7. The molecule has 1 fully saturated rings. The van der Waals surface area contributed by atoms with Gasteiger partial charge in [-0.25, -0.2) is 0 Å². The number of ketones is 1. The van der Waals surface area contributed by atoms with Crippen molar-refractivity contribution < 1.29 is 24.5 Å². The molecule has 164 valence electrons.